The highest BCUT2D eigenvalue weighted by atomic mass is 19.1. The number of amidine groups is 1. The van der Waals surface area contributed by atoms with Crippen LogP contribution in [0, 0.1) is 0 Å². The van der Waals surface area contributed by atoms with Crippen molar-refractivity contribution < 1.29 is 13.9 Å². The van der Waals surface area contributed by atoms with Gasteiger partial charge in [0, 0.05) is 20.1 Å². The van der Waals surface area contributed by atoms with E-state index in [9.17, 15) is 4.39 Å². The van der Waals surface area contributed by atoms with Gasteiger partial charge in [-0.2, -0.15) is 0 Å². The van der Waals surface area contributed by atoms with Crippen LogP contribution in [-0.2, 0) is 16.1 Å². The molecule has 0 bridgehead atoms. The Morgan fingerprint density at radius 3 is 2.56 bits per heavy atom. The molecule has 1 saturated heterocycles. The molecule has 2 unspecified atom stereocenters. The van der Waals surface area contributed by atoms with Crippen LogP contribution in [0.1, 0.15) is 32.3 Å². The molecule has 2 aromatic carbocycles. The first-order valence-electron chi connectivity index (χ1n) is 14.7. The van der Waals surface area contributed by atoms with E-state index in [1.807, 2.05) is 30.1 Å². The first kappa shape index (κ1) is 31.8. The van der Waals surface area contributed by atoms with Crippen LogP contribution < -0.4 is 0 Å². The van der Waals surface area contributed by atoms with Gasteiger partial charge < -0.3 is 19.3 Å². The number of nitrogens with zero attached hydrogens (tertiary/aromatic N) is 5. The topological polar surface area (TPSA) is 62.0 Å². The largest absolute Gasteiger partial charge is 0.374 e. The standard InChI is InChI=1S/C35H42FN5O2/c1-6-26(20-30(36)7-2)22-40(5)35-34(37-4)32(21-38-25-39-35)41(8-3)33-19-18-31(43-33)24-42-23-27-14-16-29(17-15-27)28-12-10-9-11-13-28/h6-7,9-17,20,25,31,33H,1,4,8,18-19,21-24H2,2-3,5H3/b26-20+,30-7+. The molecule has 2 aliphatic rings. The molecule has 8 heteroatoms. The summed E-state index contributed by atoms with van der Waals surface area (Å²) in [7, 11) is 1.89. The molecule has 7 nitrogen and oxygen atoms in total. The molecule has 4 rings (SSSR count). The maximum Gasteiger partial charge on any atom is 0.158 e. The van der Waals surface area contributed by atoms with Crippen LogP contribution in [0.15, 0.2) is 117 Å². The molecule has 0 spiro atoms. The van der Waals surface area contributed by atoms with E-state index in [2.05, 4.69) is 76.5 Å². The van der Waals surface area contributed by atoms with Gasteiger partial charge in [-0.1, -0.05) is 73.3 Å². The second-order valence-electron chi connectivity index (χ2n) is 10.5. The number of allylic oxidation sites excluding steroid dienone is 3. The van der Waals surface area contributed by atoms with Gasteiger partial charge in [0.2, 0.25) is 0 Å². The molecule has 2 heterocycles. The van der Waals surface area contributed by atoms with Gasteiger partial charge in [0.15, 0.2) is 5.84 Å². The van der Waals surface area contributed by atoms with Crippen LogP contribution in [0.4, 0.5) is 4.39 Å². The lowest BCUT2D eigenvalue weighted by Crippen LogP contribution is -2.39. The molecule has 0 radical (unpaired) electrons. The Kier molecular flexibility index (Phi) is 11.8. The maximum atomic E-state index is 13.9. The van der Waals surface area contributed by atoms with Gasteiger partial charge in [0.25, 0.3) is 0 Å². The lowest BCUT2D eigenvalue weighted by atomic mass is 10.0. The van der Waals surface area contributed by atoms with Crippen LogP contribution in [-0.4, -0.2) is 74.3 Å². The smallest absolute Gasteiger partial charge is 0.158 e. The Balaban J connectivity index is 1.38. The Morgan fingerprint density at radius 2 is 1.88 bits per heavy atom. The molecule has 2 aliphatic heterocycles. The zero-order valence-electron chi connectivity index (χ0n) is 25.5. The van der Waals surface area contributed by atoms with Crippen molar-refractivity contribution in [3.63, 3.8) is 0 Å². The predicted molar refractivity (Wildman–Crippen MR) is 175 cm³/mol. The van der Waals surface area contributed by atoms with Crippen LogP contribution in [0.5, 0.6) is 0 Å². The lowest BCUT2D eigenvalue weighted by molar-refractivity contribution is -0.0685. The van der Waals surface area contributed by atoms with Gasteiger partial charge in [0.1, 0.15) is 24.1 Å². The molecule has 0 saturated carbocycles. The summed E-state index contributed by atoms with van der Waals surface area (Å²) in [4.78, 5) is 17.6. The number of hydrogen-bond donors (Lipinski definition) is 0. The van der Waals surface area contributed by atoms with Crippen molar-refractivity contribution >= 4 is 18.9 Å². The Morgan fingerprint density at radius 1 is 1.14 bits per heavy atom. The molecular weight excluding hydrogens is 541 g/mol. The summed E-state index contributed by atoms with van der Waals surface area (Å²) in [5.41, 5.74) is 5.77. The molecule has 1 fully saturated rings. The molecule has 2 aromatic rings. The predicted octanol–water partition coefficient (Wildman–Crippen LogP) is 6.97. The molecule has 43 heavy (non-hydrogen) atoms. The van der Waals surface area contributed by atoms with Crippen LogP contribution in [0.3, 0.4) is 0 Å². The third-order valence-electron chi connectivity index (χ3n) is 7.54. The quantitative estimate of drug-likeness (QED) is 0.189. The van der Waals surface area contributed by atoms with E-state index in [4.69, 9.17) is 9.47 Å². The van der Waals surface area contributed by atoms with E-state index >= 15 is 0 Å². The minimum absolute atomic E-state index is 0.00437. The van der Waals surface area contributed by atoms with Crippen molar-refractivity contribution in [2.24, 2.45) is 15.0 Å². The molecule has 0 aromatic heterocycles. The average molecular weight is 584 g/mol. The monoisotopic (exact) mass is 583 g/mol. The number of ether oxygens (including phenoxy) is 2. The van der Waals surface area contributed by atoms with E-state index < -0.39 is 0 Å². The third-order valence-corrected chi connectivity index (χ3v) is 7.54. The van der Waals surface area contributed by atoms with E-state index in [0.29, 0.717) is 50.0 Å². The van der Waals surface area contributed by atoms with Crippen LogP contribution >= 0.6 is 0 Å². The summed E-state index contributed by atoms with van der Waals surface area (Å²) in [5, 5.41) is 0. The van der Waals surface area contributed by atoms with Gasteiger partial charge in [-0.3, -0.25) is 9.98 Å². The minimum atomic E-state index is -0.319. The number of aliphatic imine (C=N–C) groups is 3. The fraction of sp³-hybridized carbons (Fsp3) is 0.343. The zero-order chi connectivity index (χ0) is 30.6. The SMILES string of the molecule is C=C/C(=C\C(F)=C/C)CN(C)C1=NC=NCC(N(CC)C2CCC(COCc3ccc(-c4ccccc4)cc3)O2)=C1N=C. The van der Waals surface area contributed by atoms with Crippen LogP contribution in [0.25, 0.3) is 11.1 Å². The molecule has 226 valence electrons. The number of halogens is 1. The Bertz CT molecular complexity index is 1400. The number of rotatable bonds is 13. The highest BCUT2D eigenvalue weighted by Crippen LogP contribution is 2.29. The highest BCUT2D eigenvalue weighted by molar-refractivity contribution is 6.03. The van der Waals surface area contributed by atoms with Crippen molar-refractivity contribution in [2.75, 3.05) is 33.3 Å². The first-order chi connectivity index (χ1) is 21.0. The van der Waals surface area contributed by atoms with Crippen molar-refractivity contribution in [1.29, 1.82) is 0 Å². The molecular formula is C35H42FN5O2. The van der Waals surface area contributed by atoms with E-state index in [1.54, 1.807) is 19.3 Å². The number of hydrogen-bond acceptors (Lipinski definition) is 7. The summed E-state index contributed by atoms with van der Waals surface area (Å²) in [6.45, 7) is 14.0. The van der Waals surface area contributed by atoms with Crippen molar-refractivity contribution in [3.05, 3.63) is 108 Å². The molecule has 0 N–H and O–H groups in total. The molecule has 2 atom stereocenters. The average Bonchev–Trinajstić information content (AvgIpc) is 3.39. The van der Waals surface area contributed by atoms with E-state index in [1.165, 1.54) is 23.3 Å². The second kappa shape index (κ2) is 15.9. The fourth-order valence-electron chi connectivity index (χ4n) is 5.27. The van der Waals surface area contributed by atoms with Crippen molar-refractivity contribution in [2.45, 2.75) is 45.6 Å². The van der Waals surface area contributed by atoms with Gasteiger partial charge >= 0.3 is 0 Å². The van der Waals surface area contributed by atoms with E-state index in [-0.39, 0.29) is 18.2 Å². The molecule has 0 amide bonds. The van der Waals surface area contributed by atoms with E-state index in [0.717, 1.165) is 24.1 Å². The number of likely N-dealkylation sites (N-methyl/N-ethyl adjacent to an activating group) is 2. The van der Waals surface area contributed by atoms with Gasteiger partial charge in [-0.05, 0) is 61.7 Å². The minimum Gasteiger partial charge on any atom is -0.374 e. The van der Waals surface area contributed by atoms with Crippen molar-refractivity contribution in [3.8, 4) is 11.1 Å². The van der Waals surface area contributed by atoms with Gasteiger partial charge in [-0.25, -0.2) is 9.38 Å². The zero-order valence-corrected chi connectivity index (χ0v) is 25.5. The summed E-state index contributed by atoms with van der Waals surface area (Å²) >= 11 is 0. The first-order valence-corrected chi connectivity index (χ1v) is 14.7. The second-order valence-corrected chi connectivity index (χ2v) is 10.5. The molecule has 0 aliphatic carbocycles. The van der Waals surface area contributed by atoms with Gasteiger partial charge in [-0.15, -0.1) is 0 Å². The summed E-state index contributed by atoms with van der Waals surface area (Å²) in [5.74, 6) is 0.288. The normalized spacial score (nSPS) is 19.2. The summed E-state index contributed by atoms with van der Waals surface area (Å²) < 4.78 is 26.5. The van der Waals surface area contributed by atoms with Gasteiger partial charge in [0.05, 0.1) is 31.6 Å². The third kappa shape index (κ3) is 8.46. The lowest BCUT2D eigenvalue weighted by Gasteiger charge is -2.33. The summed E-state index contributed by atoms with van der Waals surface area (Å²) in [6, 6.07) is 18.8. The number of benzene rings is 2. The highest BCUT2D eigenvalue weighted by Gasteiger charge is 2.33. The Labute approximate surface area is 255 Å². The van der Waals surface area contributed by atoms with Crippen molar-refractivity contribution in [1.82, 2.24) is 9.80 Å². The fourth-order valence-corrected chi connectivity index (χ4v) is 5.27. The summed E-state index contributed by atoms with van der Waals surface area (Å²) in [6.07, 6.45) is 7.68. The maximum absolute atomic E-state index is 13.9. The van der Waals surface area contributed by atoms with Crippen LogP contribution in [0.2, 0.25) is 0 Å². The Hall–Kier alpha value is -4.14.